The minimum absolute atomic E-state index is 0.440. The normalized spacial score (nSPS) is 13.0. The minimum Gasteiger partial charge on any atom is -0.310 e. The standard InChI is InChI=1S/C68H45N/c1-3-14-45(15-4-1)47-32-36-58(37-33-47)69(59-38-34-48(35-39-59)46-16-5-2-6-17-46)60-28-10-24-53(43-60)51-22-9-23-52(40-51)57-42-56-27-13-31-63-67(56)64(44-57)68(63)61-29-11-20-49-18-7-25-54(65(49)61)41-55-26-8-19-50-21-12-30-62(68)66(50)55/h1-40,42-44H,41H2. The number of nitrogens with zero attached hydrogens (tertiary/aromatic N) is 1. The summed E-state index contributed by atoms with van der Waals surface area (Å²) in [6.07, 6.45) is 0.905. The molecule has 0 saturated heterocycles. The fraction of sp³-hybridized carbons (Fsp3) is 0.0294. The number of hydrogen-bond acceptors (Lipinski definition) is 1. The molecule has 0 N–H and O–H groups in total. The van der Waals surface area contributed by atoms with Crippen molar-refractivity contribution in [1.82, 2.24) is 0 Å². The highest BCUT2D eigenvalue weighted by molar-refractivity contribution is 6.09. The molecule has 2 aliphatic rings. The summed E-state index contributed by atoms with van der Waals surface area (Å²) in [5.74, 6) is 0. The Bertz CT molecular complexity index is 3780. The van der Waals surface area contributed by atoms with Crippen molar-refractivity contribution in [2.75, 3.05) is 4.90 Å². The number of anilines is 3. The lowest BCUT2D eigenvalue weighted by Gasteiger charge is -2.47. The van der Waals surface area contributed by atoms with Crippen LogP contribution in [0.4, 0.5) is 17.1 Å². The first-order chi connectivity index (χ1) is 34.2. The van der Waals surface area contributed by atoms with Crippen molar-refractivity contribution < 1.29 is 0 Å². The van der Waals surface area contributed by atoms with Crippen molar-refractivity contribution >= 4 is 49.4 Å². The zero-order valence-corrected chi connectivity index (χ0v) is 38.0. The highest BCUT2D eigenvalue weighted by atomic mass is 15.1. The van der Waals surface area contributed by atoms with Crippen molar-refractivity contribution in [2.45, 2.75) is 11.8 Å². The molecule has 1 spiro atoms. The van der Waals surface area contributed by atoms with Gasteiger partial charge in [0.15, 0.2) is 0 Å². The van der Waals surface area contributed by atoms with E-state index in [9.17, 15) is 0 Å². The molecular formula is C68H45N. The van der Waals surface area contributed by atoms with Crippen LogP contribution >= 0.6 is 0 Å². The Morgan fingerprint density at radius 2 is 0.667 bits per heavy atom. The van der Waals surface area contributed by atoms with Crippen LogP contribution in [0.25, 0.3) is 76.8 Å². The summed E-state index contributed by atoms with van der Waals surface area (Å²) in [6.45, 7) is 0. The fourth-order valence-electron chi connectivity index (χ4n) is 12.0. The Labute approximate surface area is 402 Å². The van der Waals surface area contributed by atoms with Gasteiger partial charge in [-0.1, -0.05) is 206 Å². The van der Waals surface area contributed by atoms with Gasteiger partial charge in [-0.05, 0) is 171 Å². The predicted molar refractivity (Wildman–Crippen MR) is 290 cm³/mol. The van der Waals surface area contributed by atoms with Gasteiger partial charge in [-0.2, -0.15) is 0 Å². The van der Waals surface area contributed by atoms with E-state index < -0.39 is 5.41 Å². The summed E-state index contributed by atoms with van der Waals surface area (Å²) >= 11 is 0. The molecule has 0 amide bonds. The average molecular weight is 876 g/mol. The third kappa shape index (κ3) is 6.17. The molecule has 322 valence electrons. The van der Waals surface area contributed by atoms with Gasteiger partial charge in [-0.15, -0.1) is 0 Å². The first kappa shape index (κ1) is 39.4. The van der Waals surface area contributed by atoms with Gasteiger partial charge < -0.3 is 4.90 Å². The van der Waals surface area contributed by atoms with E-state index in [1.807, 2.05) is 0 Å². The van der Waals surface area contributed by atoms with Crippen LogP contribution in [0.2, 0.25) is 0 Å². The lowest BCUT2D eigenvalue weighted by Crippen LogP contribution is -2.39. The number of rotatable bonds is 7. The molecule has 0 heterocycles. The summed E-state index contributed by atoms with van der Waals surface area (Å²) in [6, 6.07) is 97.0. The second kappa shape index (κ2) is 15.7. The maximum atomic E-state index is 2.52. The molecule has 12 aromatic rings. The number of hydrogen-bond donors (Lipinski definition) is 0. The molecule has 0 unspecified atom stereocenters. The van der Waals surface area contributed by atoms with E-state index in [0.717, 1.165) is 23.5 Å². The van der Waals surface area contributed by atoms with Crippen LogP contribution in [0.3, 0.4) is 0 Å². The molecule has 14 rings (SSSR count). The summed E-state index contributed by atoms with van der Waals surface area (Å²) in [7, 11) is 0. The molecular weight excluding hydrogens is 831 g/mol. The monoisotopic (exact) mass is 875 g/mol. The third-order valence-electron chi connectivity index (χ3n) is 15.1. The van der Waals surface area contributed by atoms with Crippen molar-refractivity contribution in [3.05, 3.63) is 294 Å². The first-order valence-corrected chi connectivity index (χ1v) is 24.1. The molecule has 0 fully saturated rings. The zero-order chi connectivity index (χ0) is 45.5. The van der Waals surface area contributed by atoms with Crippen LogP contribution in [-0.4, -0.2) is 0 Å². The van der Waals surface area contributed by atoms with Crippen LogP contribution < -0.4 is 4.90 Å². The largest absolute Gasteiger partial charge is 0.310 e. The van der Waals surface area contributed by atoms with Crippen molar-refractivity contribution in [3.8, 4) is 44.5 Å². The summed E-state index contributed by atoms with van der Waals surface area (Å²) in [5.41, 5.74) is 20.8. The molecule has 2 aliphatic carbocycles. The lowest BCUT2D eigenvalue weighted by molar-refractivity contribution is 0.734. The summed E-state index contributed by atoms with van der Waals surface area (Å²) < 4.78 is 0. The van der Waals surface area contributed by atoms with Gasteiger partial charge in [0.1, 0.15) is 0 Å². The van der Waals surface area contributed by atoms with Gasteiger partial charge >= 0.3 is 0 Å². The van der Waals surface area contributed by atoms with E-state index in [-0.39, 0.29) is 0 Å². The molecule has 0 aliphatic heterocycles. The second-order valence-corrected chi connectivity index (χ2v) is 18.8. The van der Waals surface area contributed by atoms with Crippen molar-refractivity contribution in [2.24, 2.45) is 0 Å². The molecule has 12 aromatic carbocycles. The molecule has 0 radical (unpaired) electrons. The van der Waals surface area contributed by atoms with E-state index in [2.05, 4.69) is 266 Å². The Hall–Kier alpha value is -8.78. The summed E-state index contributed by atoms with van der Waals surface area (Å²) in [4.78, 5) is 2.38. The Morgan fingerprint density at radius 3 is 1.22 bits per heavy atom. The Balaban J connectivity index is 0.901. The van der Waals surface area contributed by atoms with E-state index in [1.165, 1.54) is 110 Å². The van der Waals surface area contributed by atoms with Gasteiger partial charge in [-0.25, -0.2) is 0 Å². The zero-order valence-electron chi connectivity index (χ0n) is 38.0. The molecule has 69 heavy (non-hydrogen) atoms. The van der Waals surface area contributed by atoms with Crippen LogP contribution in [0.5, 0.6) is 0 Å². The van der Waals surface area contributed by atoms with Gasteiger partial charge in [0, 0.05) is 17.1 Å². The van der Waals surface area contributed by atoms with Crippen LogP contribution in [0, 0.1) is 0 Å². The quantitative estimate of drug-likeness (QED) is 0.154. The predicted octanol–water partition coefficient (Wildman–Crippen LogP) is 17.9. The maximum absolute atomic E-state index is 2.52. The molecule has 0 atom stereocenters. The average Bonchev–Trinajstić information content (AvgIpc) is 3.41. The maximum Gasteiger partial charge on any atom is 0.0726 e. The van der Waals surface area contributed by atoms with E-state index >= 15 is 0 Å². The van der Waals surface area contributed by atoms with Gasteiger partial charge in [0.25, 0.3) is 0 Å². The Morgan fingerprint density at radius 1 is 0.246 bits per heavy atom. The first-order valence-electron chi connectivity index (χ1n) is 24.1. The van der Waals surface area contributed by atoms with E-state index in [1.54, 1.807) is 0 Å². The third-order valence-corrected chi connectivity index (χ3v) is 15.1. The highest BCUT2D eigenvalue weighted by Crippen LogP contribution is 2.61. The lowest BCUT2D eigenvalue weighted by atomic mass is 9.53. The van der Waals surface area contributed by atoms with E-state index in [4.69, 9.17) is 0 Å². The smallest absolute Gasteiger partial charge is 0.0726 e. The van der Waals surface area contributed by atoms with Crippen LogP contribution in [-0.2, 0) is 11.8 Å². The van der Waals surface area contributed by atoms with Crippen molar-refractivity contribution in [3.63, 3.8) is 0 Å². The van der Waals surface area contributed by atoms with E-state index in [0.29, 0.717) is 0 Å². The molecule has 1 heteroatoms. The number of fused-ring (bicyclic) bond motifs is 4. The van der Waals surface area contributed by atoms with Crippen LogP contribution in [0.15, 0.2) is 261 Å². The fourth-order valence-corrected chi connectivity index (χ4v) is 12.0. The summed E-state index contributed by atoms with van der Waals surface area (Å²) in [5, 5.41) is 8.03. The second-order valence-electron chi connectivity index (χ2n) is 18.8. The molecule has 0 aromatic heterocycles. The van der Waals surface area contributed by atoms with Crippen LogP contribution in [0.1, 0.15) is 33.4 Å². The number of benzene rings is 12. The molecule has 0 bridgehead atoms. The SMILES string of the molecule is c1ccc(-c2ccc(N(c3ccc(-c4ccccc4)cc3)c3cccc(-c4cccc(-c5cc6c7c(cccc7c5)C65c6cccc7cccc(c67)Cc6cccc7cccc5c67)c4)c3)cc2)cc1. The van der Waals surface area contributed by atoms with Crippen molar-refractivity contribution in [1.29, 1.82) is 0 Å². The Kier molecular flexibility index (Phi) is 8.94. The van der Waals surface area contributed by atoms with Gasteiger partial charge in [0.2, 0.25) is 0 Å². The highest BCUT2D eigenvalue weighted by Gasteiger charge is 2.50. The molecule has 0 saturated carbocycles. The van der Waals surface area contributed by atoms with Gasteiger partial charge in [0.05, 0.1) is 5.41 Å². The van der Waals surface area contributed by atoms with Gasteiger partial charge in [-0.3, -0.25) is 0 Å². The topological polar surface area (TPSA) is 3.24 Å². The minimum atomic E-state index is -0.440. The molecule has 1 nitrogen and oxygen atoms in total.